The van der Waals surface area contributed by atoms with Gasteiger partial charge < -0.3 is 10.6 Å². The van der Waals surface area contributed by atoms with E-state index in [1.54, 1.807) is 0 Å². The second kappa shape index (κ2) is 5.62. The largest absolute Gasteiger partial charge is 0.408 e. The number of nitrogens with zero attached hydrogens (tertiary/aromatic N) is 3. The fraction of sp³-hybridized carbons (Fsp3) is 0.545. The van der Waals surface area contributed by atoms with Gasteiger partial charge in [0.15, 0.2) is 0 Å². The molecule has 1 atom stereocenters. The third-order valence-electron chi connectivity index (χ3n) is 2.84. The van der Waals surface area contributed by atoms with Crippen molar-refractivity contribution < 1.29 is 22.8 Å². The predicted octanol–water partition coefficient (Wildman–Crippen LogP) is 0.798. The van der Waals surface area contributed by atoms with Crippen LogP contribution in [0.1, 0.15) is 6.92 Å². The number of alkyl halides is 3. The van der Waals surface area contributed by atoms with E-state index in [1.807, 2.05) is 0 Å². The summed E-state index contributed by atoms with van der Waals surface area (Å²) in [4.78, 5) is 24.4. The van der Waals surface area contributed by atoms with Gasteiger partial charge in [0.1, 0.15) is 18.4 Å². The number of nitrogens with one attached hydrogen (secondary N) is 2. The van der Waals surface area contributed by atoms with Crippen LogP contribution in [0.3, 0.4) is 0 Å². The molecule has 10 heteroatoms. The molecule has 116 valence electrons. The highest BCUT2D eigenvalue weighted by molar-refractivity contribution is 5.99. The Balaban J connectivity index is 1.95. The van der Waals surface area contributed by atoms with Crippen LogP contribution in [0.15, 0.2) is 12.3 Å². The molecule has 0 radical (unpaired) electrons. The highest BCUT2D eigenvalue weighted by Crippen LogP contribution is 2.18. The van der Waals surface area contributed by atoms with Crippen LogP contribution in [0.25, 0.3) is 0 Å². The standard InChI is InChI=1S/C11H14F3N5O2/c1-7(9(20)19-5-3-15-10(19)21)16-8-2-4-18(17-8)6-11(12,13)14/h2,4,7H,3,5-6H2,1H3,(H,15,21)(H,16,17). The van der Waals surface area contributed by atoms with Crippen molar-refractivity contribution in [2.45, 2.75) is 25.7 Å². The van der Waals surface area contributed by atoms with E-state index in [1.165, 1.54) is 13.0 Å². The second-order valence-corrected chi connectivity index (χ2v) is 4.60. The minimum atomic E-state index is -4.36. The van der Waals surface area contributed by atoms with Gasteiger partial charge in [-0.3, -0.25) is 14.4 Å². The number of amides is 3. The SMILES string of the molecule is CC(Nc1ccn(CC(F)(F)F)n1)C(=O)N1CCNC1=O. The molecule has 0 aromatic carbocycles. The van der Waals surface area contributed by atoms with Crippen LogP contribution in [0, 0.1) is 0 Å². The van der Waals surface area contributed by atoms with E-state index in [-0.39, 0.29) is 12.4 Å². The Hall–Kier alpha value is -2.26. The third kappa shape index (κ3) is 3.86. The molecule has 2 rings (SSSR count). The van der Waals surface area contributed by atoms with E-state index in [0.717, 1.165) is 15.8 Å². The lowest BCUT2D eigenvalue weighted by molar-refractivity contribution is -0.142. The number of halogens is 3. The number of hydrogen-bond acceptors (Lipinski definition) is 4. The zero-order chi connectivity index (χ0) is 15.6. The molecule has 1 aromatic rings. The molecule has 3 amide bonds. The van der Waals surface area contributed by atoms with E-state index in [0.29, 0.717) is 6.54 Å². The van der Waals surface area contributed by atoms with Crippen molar-refractivity contribution in [2.75, 3.05) is 18.4 Å². The van der Waals surface area contributed by atoms with Gasteiger partial charge in [0.2, 0.25) is 0 Å². The van der Waals surface area contributed by atoms with Gasteiger partial charge in [-0.05, 0) is 6.92 Å². The summed E-state index contributed by atoms with van der Waals surface area (Å²) in [6.45, 7) is 0.964. The fourth-order valence-electron chi connectivity index (χ4n) is 1.91. The number of imide groups is 1. The molecule has 1 aliphatic heterocycles. The number of aromatic nitrogens is 2. The minimum Gasteiger partial charge on any atom is -0.357 e. The van der Waals surface area contributed by atoms with Crippen LogP contribution in [0.4, 0.5) is 23.8 Å². The quantitative estimate of drug-likeness (QED) is 0.862. The first-order valence-electron chi connectivity index (χ1n) is 6.22. The lowest BCUT2D eigenvalue weighted by atomic mass is 10.3. The normalized spacial score (nSPS) is 16.8. The van der Waals surface area contributed by atoms with Gasteiger partial charge in [-0.25, -0.2) is 4.79 Å². The summed E-state index contributed by atoms with van der Waals surface area (Å²) in [5, 5.41) is 8.85. The average Bonchev–Trinajstić information content (AvgIpc) is 2.95. The lowest BCUT2D eigenvalue weighted by Gasteiger charge is -2.18. The fourth-order valence-corrected chi connectivity index (χ4v) is 1.91. The molecule has 1 aromatic heterocycles. The van der Waals surface area contributed by atoms with Gasteiger partial charge in [0.05, 0.1) is 0 Å². The van der Waals surface area contributed by atoms with Gasteiger partial charge >= 0.3 is 12.2 Å². The Morgan fingerprint density at radius 3 is 2.86 bits per heavy atom. The molecule has 2 N–H and O–H groups in total. The van der Waals surface area contributed by atoms with Gasteiger partial charge in [-0.2, -0.15) is 18.3 Å². The summed E-state index contributed by atoms with van der Waals surface area (Å²) < 4.78 is 37.3. The van der Waals surface area contributed by atoms with Crippen LogP contribution in [-0.4, -0.2) is 51.9 Å². The Kier molecular flexibility index (Phi) is 4.05. The van der Waals surface area contributed by atoms with Crippen molar-refractivity contribution in [1.29, 1.82) is 0 Å². The summed E-state index contributed by atoms with van der Waals surface area (Å²) in [6, 6.07) is 0.0823. The summed E-state index contributed by atoms with van der Waals surface area (Å²) >= 11 is 0. The summed E-state index contributed by atoms with van der Waals surface area (Å²) in [5.74, 6) is -0.324. The van der Waals surface area contributed by atoms with E-state index >= 15 is 0 Å². The van der Waals surface area contributed by atoms with Crippen LogP contribution in [-0.2, 0) is 11.3 Å². The molecule has 0 spiro atoms. The Labute approximate surface area is 118 Å². The molecule has 1 fully saturated rings. The Bertz CT molecular complexity index is 542. The number of carbonyl (C=O) groups is 2. The molecule has 2 heterocycles. The van der Waals surface area contributed by atoms with Crippen molar-refractivity contribution >= 4 is 17.8 Å². The van der Waals surface area contributed by atoms with E-state index in [2.05, 4.69) is 15.7 Å². The molecule has 1 saturated heterocycles. The lowest BCUT2D eigenvalue weighted by Crippen LogP contribution is -2.43. The van der Waals surface area contributed by atoms with Gasteiger partial charge in [-0.15, -0.1) is 0 Å². The smallest absolute Gasteiger partial charge is 0.357 e. The molecular formula is C11H14F3N5O2. The Morgan fingerprint density at radius 2 is 2.29 bits per heavy atom. The zero-order valence-corrected chi connectivity index (χ0v) is 11.1. The summed E-state index contributed by atoms with van der Waals surface area (Å²) in [7, 11) is 0. The minimum absolute atomic E-state index is 0.139. The zero-order valence-electron chi connectivity index (χ0n) is 11.1. The summed E-state index contributed by atoms with van der Waals surface area (Å²) in [6.07, 6.45) is -3.20. The number of hydrogen-bond donors (Lipinski definition) is 2. The molecular weight excluding hydrogens is 291 g/mol. The highest BCUT2D eigenvalue weighted by atomic mass is 19.4. The van der Waals surface area contributed by atoms with Gasteiger partial charge in [0, 0.05) is 25.4 Å². The number of anilines is 1. The summed E-state index contributed by atoms with van der Waals surface area (Å²) in [5.41, 5.74) is 0. The van der Waals surface area contributed by atoms with Gasteiger partial charge in [-0.1, -0.05) is 0 Å². The first-order chi connectivity index (χ1) is 9.76. The van der Waals surface area contributed by atoms with Crippen LogP contribution in [0.2, 0.25) is 0 Å². The van der Waals surface area contributed by atoms with Crippen molar-refractivity contribution in [3.63, 3.8) is 0 Å². The molecule has 0 bridgehead atoms. The van der Waals surface area contributed by atoms with Crippen LogP contribution in [0.5, 0.6) is 0 Å². The maximum Gasteiger partial charge on any atom is 0.408 e. The number of carbonyl (C=O) groups excluding carboxylic acids is 2. The Morgan fingerprint density at radius 1 is 1.57 bits per heavy atom. The first kappa shape index (κ1) is 15.1. The predicted molar refractivity (Wildman–Crippen MR) is 66.5 cm³/mol. The monoisotopic (exact) mass is 305 g/mol. The van der Waals surface area contributed by atoms with E-state index < -0.39 is 30.7 Å². The number of urea groups is 1. The number of rotatable bonds is 4. The molecule has 1 unspecified atom stereocenters. The highest BCUT2D eigenvalue weighted by Gasteiger charge is 2.30. The second-order valence-electron chi connectivity index (χ2n) is 4.60. The maximum absolute atomic E-state index is 12.2. The molecule has 7 nitrogen and oxygen atoms in total. The maximum atomic E-state index is 12.2. The van der Waals surface area contributed by atoms with Gasteiger partial charge in [0.25, 0.3) is 5.91 Å². The topological polar surface area (TPSA) is 79.3 Å². The first-order valence-corrected chi connectivity index (χ1v) is 6.22. The van der Waals surface area contributed by atoms with Crippen molar-refractivity contribution in [3.05, 3.63) is 12.3 Å². The van der Waals surface area contributed by atoms with Crippen molar-refractivity contribution in [3.8, 4) is 0 Å². The molecule has 0 saturated carbocycles. The third-order valence-corrected chi connectivity index (χ3v) is 2.84. The molecule has 1 aliphatic rings. The van der Waals surface area contributed by atoms with Crippen LogP contribution >= 0.6 is 0 Å². The average molecular weight is 305 g/mol. The van der Waals surface area contributed by atoms with Crippen molar-refractivity contribution in [1.82, 2.24) is 20.0 Å². The van der Waals surface area contributed by atoms with Crippen molar-refractivity contribution in [2.24, 2.45) is 0 Å². The molecule has 0 aliphatic carbocycles. The molecule has 21 heavy (non-hydrogen) atoms. The van der Waals surface area contributed by atoms with E-state index in [4.69, 9.17) is 0 Å². The van der Waals surface area contributed by atoms with Crippen LogP contribution < -0.4 is 10.6 Å². The van der Waals surface area contributed by atoms with E-state index in [9.17, 15) is 22.8 Å².